The predicted octanol–water partition coefficient (Wildman–Crippen LogP) is 0.961. The molecule has 0 spiro atoms. The van der Waals surface area contributed by atoms with Crippen LogP contribution in [0, 0.1) is 11.3 Å². The van der Waals surface area contributed by atoms with Gasteiger partial charge in [-0.2, -0.15) is 5.26 Å². The molecule has 1 aromatic rings. The maximum atomic E-state index is 12.4. The van der Waals surface area contributed by atoms with E-state index in [2.05, 4.69) is 4.98 Å². The van der Waals surface area contributed by atoms with Crippen molar-refractivity contribution in [2.45, 2.75) is 12.8 Å². The van der Waals surface area contributed by atoms with Gasteiger partial charge in [-0.15, -0.1) is 0 Å². The summed E-state index contributed by atoms with van der Waals surface area (Å²) >= 11 is 0. The first-order valence-electron chi connectivity index (χ1n) is 3.73. The molecular weight excluding hydrogens is 192 g/mol. The molecule has 1 aromatic heterocycles. The Balaban J connectivity index is 3.33. The van der Waals surface area contributed by atoms with Crippen molar-refractivity contribution in [2.24, 2.45) is 0 Å². The summed E-state index contributed by atoms with van der Waals surface area (Å²) in [5.41, 5.74) is 3.75. The van der Waals surface area contributed by atoms with E-state index in [1.54, 1.807) is 6.07 Å². The molecule has 0 aromatic carbocycles. The number of nitrogens with zero attached hydrogens (tertiary/aromatic N) is 1. The normalized spacial score (nSPS) is 10.1. The van der Waals surface area contributed by atoms with Gasteiger partial charge in [-0.25, -0.2) is 8.78 Å². The van der Waals surface area contributed by atoms with E-state index in [1.165, 1.54) is 0 Å². The summed E-state index contributed by atoms with van der Waals surface area (Å²) in [6.45, 7) is 0. The van der Waals surface area contributed by atoms with Crippen LogP contribution in [0.5, 0.6) is 0 Å². The van der Waals surface area contributed by atoms with E-state index in [9.17, 15) is 13.6 Å². The van der Waals surface area contributed by atoms with Crippen molar-refractivity contribution in [2.75, 3.05) is 5.73 Å². The van der Waals surface area contributed by atoms with Gasteiger partial charge in [0.15, 0.2) is 0 Å². The Morgan fingerprint density at radius 1 is 1.64 bits per heavy atom. The van der Waals surface area contributed by atoms with Gasteiger partial charge < -0.3 is 10.7 Å². The predicted molar refractivity (Wildman–Crippen MR) is 45.7 cm³/mol. The fraction of sp³-hybridized carbons (Fsp3) is 0.250. The number of aromatic nitrogens is 1. The van der Waals surface area contributed by atoms with Crippen LogP contribution in [0.2, 0.25) is 0 Å². The van der Waals surface area contributed by atoms with Crippen molar-refractivity contribution in [3.8, 4) is 6.07 Å². The quantitative estimate of drug-likeness (QED) is 0.744. The third-order valence-electron chi connectivity index (χ3n) is 1.68. The fourth-order valence-corrected chi connectivity index (χ4v) is 1.02. The highest BCUT2D eigenvalue weighted by Crippen LogP contribution is 2.22. The van der Waals surface area contributed by atoms with Gasteiger partial charge in [-0.05, 0) is 6.07 Å². The Morgan fingerprint density at radius 3 is 2.79 bits per heavy atom. The molecule has 0 aliphatic carbocycles. The molecule has 0 amide bonds. The van der Waals surface area contributed by atoms with E-state index in [1.807, 2.05) is 0 Å². The third kappa shape index (κ3) is 1.88. The van der Waals surface area contributed by atoms with Crippen LogP contribution in [0.3, 0.4) is 0 Å². The number of alkyl halides is 2. The van der Waals surface area contributed by atoms with Gasteiger partial charge in [0.25, 0.3) is 12.0 Å². The summed E-state index contributed by atoms with van der Waals surface area (Å²) < 4.78 is 24.8. The maximum absolute atomic E-state index is 12.4. The van der Waals surface area contributed by atoms with Crippen LogP contribution in [-0.4, -0.2) is 4.98 Å². The zero-order chi connectivity index (χ0) is 10.7. The van der Waals surface area contributed by atoms with Crippen molar-refractivity contribution in [1.29, 1.82) is 5.26 Å². The van der Waals surface area contributed by atoms with Crippen molar-refractivity contribution in [3.05, 3.63) is 27.7 Å². The fourth-order valence-electron chi connectivity index (χ4n) is 1.02. The number of nitrogens with one attached hydrogen (secondary N) is 1. The second kappa shape index (κ2) is 3.87. The molecular formula is C8H7F2N3O. The van der Waals surface area contributed by atoms with Crippen LogP contribution in [-0.2, 0) is 6.42 Å². The number of hydrogen-bond acceptors (Lipinski definition) is 3. The molecule has 1 heterocycles. The lowest BCUT2D eigenvalue weighted by molar-refractivity contribution is 0.150. The lowest BCUT2D eigenvalue weighted by atomic mass is 10.1. The third-order valence-corrected chi connectivity index (χ3v) is 1.68. The molecule has 0 bridgehead atoms. The van der Waals surface area contributed by atoms with Crippen molar-refractivity contribution >= 4 is 5.69 Å². The van der Waals surface area contributed by atoms with E-state index in [-0.39, 0.29) is 17.8 Å². The highest BCUT2D eigenvalue weighted by atomic mass is 19.3. The van der Waals surface area contributed by atoms with Crippen LogP contribution in [0.15, 0.2) is 10.9 Å². The summed E-state index contributed by atoms with van der Waals surface area (Å²) in [5, 5.41) is 8.34. The number of rotatable bonds is 2. The summed E-state index contributed by atoms with van der Waals surface area (Å²) in [6.07, 6.45) is -3.02. The van der Waals surface area contributed by atoms with E-state index < -0.39 is 17.5 Å². The first-order chi connectivity index (χ1) is 6.56. The lowest BCUT2D eigenvalue weighted by Gasteiger charge is -2.05. The number of H-pyrrole nitrogens is 1. The van der Waals surface area contributed by atoms with Gasteiger partial charge in [-0.3, -0.25) is 4.79 Å². The Kier molecular flexibility index (Phi) is 2.82. The number of nitrogens with two attached hydrogens (primary N) is 1. The molecule has 4 nitrogen and oxygen atoms in total. The maximum Gasteiger partial charge on any atom is 0.271 e. The molecule has 0 aliphatic heterocycles. The first-order valence-corrected chi connectivity index (χ1v) is 3.73. The molecule has 14 heavy (non-hydrogen) atoms. The van der Waals surface area contributed by atoms with E-state index in [0.717, 1.165) is 6.07 Å². The minimum atomic E-state index is -2.75. The van der Waals surface area contributed by atoms with Crippen molar-refractivity contribution < 1.29 is 8.78 Å². The molecule has 0 fully saturated rings. The van der Waals surface area contributed by atoms with Crippen molar-refractivity contribution in [3.63, 3.8) is 0 Å². The molecule has 0 radical (unpaired) electrons. The van der Waals surface area contributed by atoms with Gasteiger partial charge in [-0.1, -0.05) is 0 Å². The smallest absolute Gasteiger partial charge is 0.271 e. The number of nitrogen functional groups attached to an aromatic ring is 1. The number of pyridine rings is 1. The zero-order valence-corrected chi connectivity index (χ0v) is 7.05. The molecule has 0 aliphatic rings. The van der Waals surface area contributed by atoms with Crippen LogP contribution < -0.4 is 11.3 Å². The molecule has 0 unspecified atom stereocenters. The van der Waals surface area contributed by atoms with E-state index in [0.29, 0.717) is 0 Å². The second-order valence-corrected chi connectivity index (χ2v) is 2.62. The minimum Gasteiger partial charge on any atom is -0.394 e. The van der Waals surface area contributed by atoms with Gasteiger partial charge in [0.05, 0.1) is 18.2 Å². The topological polar surface area (TPSA) is 82.7 Å². The Morgan fingerprint density at radius 2 is 2.29 bits per heavy atom. The number of halogens is 2. The van der Waals surface area contributed by atoms with Crippen LogP contribution in [0.1, 0.15) is 17.7 Å². The molecule has 0 saturated carbocycles. The zero-order valence-electron chi connectivity index (χ0n) is 7.05. The van der Waals surface area contributed by atoms with Crippen LogP contribution in [0.25, 0.3) is 0 Å². The lowest BCUT2D eigenvalue weighted by Crippen LogP contribution is -2.16. The van der Waals surface area contributed by atoms with Gasteiger partial charge in [0, 0.05) is 11.3 Å². The highest BCUT2D eigenvalue weighted by molar-refractivity contribution is 5.41. The minimum absolute atomic E-state index is 0.0818. The SMILES string of the molecule is N#CCc1[nH]c(=O)c(N)cc1C(F)F. The summed E-state index contributed by atoms with van der Waals surface area (Å²) in [7, 11) is 0. The van der Waals surface area contributed by atoms with Crippen molar-refractivity contribution in [1.82, 2.24) is 4.98 Å². The number of hydrogen-bond donors (Lipinski definition) is 2. The summed E-state index contributed by atoms with van der Waals surface area (Å²) in [5.74, 6) is 0. The molecule has 3 N–H and O–H groups in total. The number of anilines is 1. The van der Waals surface area contributed by atoms with Gasteiger partial charge >= 0.3 is 0 Å². The number of nitriles is 1. The number of aromatic amines is 1. The Labute approximate surface area is 78.0 Å². The molecule has 0 atom stereocenters. The second-order valence-electron chi connectivity index (χ2n) is 2.62. The summed E-state index contributed by atoms with van der Waals surface area (Å²) in [4.78, 5) is 13.1. The molecule has 1 rings (SSSR count). The summed E-state index contributed by atoms with van der Waals surface area (Å²) in [6, 6.07) is 2.58. The van der Waals surface area contributed by atoms with Crippen LogP contribution >= 0.6 is 0 Å². The molecule has 74 valence electrons. The standard InChI is InChI=1S/C8H7F2N3O/c9-7(10)4-3-5(12)8(14)13-6(4)1-2-11/h3,7H,1,12H2,(H,13,14). The molecule has 0 saturated heterocycles. The van der Waals surface area contributed by atoms with Gasteiger partial charge in [0.2, 0.25) is 0 Å². The molecule has 6 heteroatoms. The van der Waals surface area contributed by atoms with E-state index in [4.69, 9.17) is 11.0 Å². The monoisotopic (exact) mass is 199 g/mol. The largest absolute Gasteiger partial charge is 0.394 e. The average Bonchev–Trinajstić information content (AvgIpc) is 2.11. The van der Waals surface area contributed by atoms with E-state index >= 15 is 0 Å². The first kappa shape index (κ1) is 10.2. The highest BCUT2D eigenvalue weighted by Gasteiger charge is 2.15. The Hall–Kier alpha value is -1.90. The average molecular weight is 199 g/mol. The Bertz CT molecular complexity index is 433. The van der Waals surface area contributed by atoms with Gasteiger partial charge in [0.1, 0.15) is 0 Å². The van der Waals surface area contributed by atoms with Crippen LogP contribution in [0.4, 0.5) is 14.5 Å².